The highest BCUT2D eigenvalue weighted by molar-refractivity contribution is 8.13. The first-order valence-electron chi connectivity index (χ1n) is 6.97. The number of halogens is 1. The number of hydrogen-bond donors (Lipinski definition) is 0. The van der Waals surface area contributed by atoms with Crippen LogP contribution in [0.2, 0.25) is 0 Å². The van der Waals surface area contributed by atoms with Crippen molar-refractivity contribution in [3.8, 4) is 5.75 Å². The fourth-order valence-electron chi connectivity index (χ4n) is 3.05. The van der Waals surface area contributed by atoms with Gasteiger partial charge in [0.25, 0.3) is 9.05 Å². The lowest BCUT2D eigenvalue weighted by atomic mass is 9.82. The van der Waals surface area contributed by atoms with Gasteiger partial charge >= 0.3 is 0 Å². The van der Waals surface area contributed by atoms with Crippen LogP contribution < -0.4 is 4.74 Å². The van der Waals surface area contributed by atoms with Crippen LogP contribution in [-0.2, 0) is 9.05 Å². The maximum atomic E-state index is 11.7. The van der Waals surface area contributed by atoms with E-state index in [1.54, 1.807) is 12.1 Å². The van der Waals surface area contributed by atoms with Gasteiger partial charge in [-0.05, 0) is 55.7 Å². The Bertz CT molecular complexity index is 573. The second-order valence-electron chi connectivity index (χ2n) is 6.05. The van der Waals surface area contributed by atoms with Crippen molar-refractivity contribution in [1.82, 2.24) is 0 Å². The SMILES string of the molecule is Cc1ccc(OC2CC(C)CC(C)C2)c(S(=O)(=O)Cl)c1. The summed E-state index contributed by atoms with van der Waals surface area (Å²) in [7, 11) is 1.72. The molecule has 0 bridgehead atoms. The maximum absolute atomic E-state index is 11.7. The quantitative estimate of drug-likeness (QED) is 0.788. The van der Waals surface area contributed by atoms with Gasteiger partial charge in [0.1, 0.15) is 10.6 Å². The number of rotatable bonds is 3. The second-order valence-corrected chi connectivity index (χ2v) is 8.58. The molecular weight excluding hydrogens is 296 g/mol. The van der Waals surface area contributed by atoms with Gasteiger partial charge in [-0.25, -0.2) is 8.42 Å². The van der Waals surface area contributed by atoms with Gasteiger partial charge in [0.05, 0.1) is 6.10 Å². The predicted molar refractivity (Wildman–Crippen MR) is 80.8 cm³/mol. The largest absolute Gasteiger partial charge is 0.489 e. The van der Waals surface area contributed by atoms with E-state index in [2.05, 4.69) is 13.8 Å². The van der Waals surface area contributed by atoms with E-state index in [1.807, 2.05) is 13.0 Å². The summed E-state index contributed by atoms with van der Waals surface area (Å²) in [4.78, 5) is 0.0741. The van der Waals surface area contributed by atoms with Crippen LogP contribution in [0.15, 0.2) is 23.1 Å². The summed E-state index contributed by atoms with van der Waals surface area (Å²) in [6, 6.07) is 5.11. The van der Waals surface area contributed by atoms with E-state index in [0.717, 1.165) is 18.4 Å². The van der Waals surface area contributed by atoms with Crippen LogP contribution in [0.25, 0.3) is 0 Å². The Kier molecular flexibility index (Phi) is 4.65. The van der Waals surface area contributed by atoms with E-state index in [-0.39, 0.29) is 11.0 Å². The highest BCUT2D eigenvalue weighted by Crippen LogP contribution is 2.34. The molecule has 0 aliphatic heterocycles. The third-order valence-corrected chi connectivity index (χ3v) is 5.13. The summed E-state index contributed by atoms with van der Waals surface area (Å²) in [6.07, 6.45) is 3.18. The molecule has 1 aromatic rings. The smallest absolute Gasteiger partial charge is 0.264 e. The monoisotopic (exact) mass is 316 g/mol. The van der Waals surface area contributed by atoms with Crippen molar-refractivity contribution in [1.29, 1.82) is 0 Å². The Morgan fingerprint density at radius 2 is 1.75 bits per heavy atom. The second kappa shape index (κ2) is 5.94. The lowest BCUT2D eigenvalue weighted by Gasteiger charge is -2.32. The van der Waals surface area contributed by atoms with Crippen molar-refractivity contribution < 1.29 is 13.2 Å². The molecule has 1 aliphatic rings. The van der Waals surface area contributed by atoms with Crippen LogP contribution in [0, 0.1) is 18.8 Å². The van der Waals surface area contributed by atoms with Crippen LogP contribution in [0.1, 0.15) is 38.7 Å². The van der Waals surface area contributed by atoms with Gasteiger partial charge < -0.3 is 4.74 Å². The Balaban J connectivity index is 2.25. The van der Waals surface area contributed by atoms with Gasteiger partial charge in [-0.15, -0.1) is 0 Å². The molecule has 1 saturated carbocycles. The first kappa shape index (κ1) is 15.6. The molecule has 0 aromatic heterocycles. The Morgan fingerprint density at radius 3 is 2.30 bits per heavy atom. The zero-order chi connectivity index (χ0) is 14.9. The molecule has 0 N–H and O–H groups in total. The lowest BCUT2D eigenvalue weighted by molar-refractivity contribution is 0.0983. The van der Waals surface area contributed by atoms with Gasteiger partial charge in [0.2, 0.25) is 0 Å². The van der Waals surface area contributed by atoms with Gasteiger partial charge in [0.15, 0.2) is 0 Å². The fourth-order valence-corrected chi connectivity index (χ4v) is 4.10. The van der Waals surface area contributed by atoms with E-state index in [4.69, 9.17) is 15.4 Å². The van der Waals surface area contributed by atoms with E-state index in [9.17, 15) is 8.42 Å². The molecule has 5 heteroatoms. The molecule has 0 amide bonds. The molecule has 112 valence electrons. The first-order chi connectivity index (χ1) is 9.25. The normalized spacial score (nSPS) is 27.3. The minimum Gasteiger partial charge on any atom is -0.489 e. The van der Waals surface area contributed by atoms with Crippen molar-refractivity contribution in [2.45, 2.75) is 51.0 Å². The highest BCUT2D eigenvalue weighted by atomic mass is 35.7. The fraction of sp³-hybridized carbons (Fsp3) is 0.600. The molecule has 1 fully saturated rings. The summed E-state index contributed by atoms with van der Waals surface area (Å²) < 4.78 is 29.3. The average molecular weight is 317 g/mol. The molecule has 2 rings (SSSR count). The molecular formula is C15H21ClO3S. The molecule has 0 radical (unpaired) electrons. The Labute approximate surface area is 125 Å². The van der Waals surface area contributed by atoms with E-state index in [0.29, 0.717) is 17.6 Å². The van der Waals surface area contributed by atoms with Gasteiger partial charge in [-0.1, -0.05) is 19.9 Å². The molecule has 1 aliphatic carbocycles. The summed E-state index contributed by atoms with van der Waals surface area (Å²) in [5.41, 5.74) is 0.849. The minimum atomic E-state index is -3.79. The van der Waals surface area contributed by atoms with Crippen molar-refractivity contribution in [3.63, 3.8) is 0 Å². The van der Waals surface area contributed by atoms with E-state index in [1.165, 1.54) is 6.42 Å². The third-order valence-electron chi connectivity index (χ3n) is 3.79. The predicted octanol–water partition coefficient (Wildman–Crippen LogP) is 4.13. The lowest BCUT2D eigenvalue weighted by Crippen LogP contribution is -2.28. The number of benzene rings is 1. The summed E-state index contributed by atoms with van der Waals surface area (Å²) in [6.45, 7) is 6.25. The molecule has 20 heavy (non-hydrogen) atoms. The van der Waals surface area contributed by atoms with Crippen LogP contribution in [0.4, 0.5) is 0 Å². The zero-order valence-corrected chi connectivity index (χ0v) is 13.7. The van der Waals surface area contributed by atoms with Crippen molar-refractivity contribution >= 4 is 19.7 Å². The average Bonchev–Trinajstić information content (AvgIpc) is 2.28. The van der Waals surface area contributed by atoms with Gasteiger partial charge in [-0.3, -0.25) is 0 Å². The van der Waals surface area contributed by atoms with E-state index < -0.39 is 9.05 Å². The minimum absolute atomic E-state index is 0.0635. The Hall–Kier alpha value is -0.740. The highest BCUT2D eigenvalue weighted by Gasteiger charge is 2.27. The van der Waals surface area contributed by atoms with Crippen LogP contribution in [-0.4, -0.2) is 14.5 Å². The summed E-state index contributed by atoms with van der Waals surface area (Å²) >= 11 is 0. The molecule has 2 unspecified atom stereocenters. The van der Waals surface area contributed by atoms with Crippen molar-refractivity contribution in [3.05, 3.63) is 23.8 Å². The summed E-state index contributed by atoms with van der Waals surface area (Å²) in [5, 5.41) is 0. The number of hydrogen-bond acceptors (Lipinski definition) is 3. The van der Waals surface area contributed by atoms with E-state index >= 15 is 0 Å². The molecule has 3 nitrogen and oxygen atoms in total. The molecule has 0 spiro atoms. The standard InChI is InChI=1S/C15H21ClO3S/c1-10-4-5-14(15(9-10)20(16,17)18)19-13-7-11(2)6-12(3)8-13/h4-5,9,11-13H,6-8H2,1-3H3. The number of ether oxygens (including phenoxy) is 1. The molecule has 0 heterocycles. The van der Waals surface area contributed by atoms with Crippen molar-refractivity contribution in [2.75, 3.05) is 0 Å². The van der Waals surface area contributed by atoms with Crippen molar-refractivity contribution in [2.24, 2.45) is 11.8 Å². The molecule has 2 atom stereocenters. The topological polar surface area (TPSA) is 43.4 Å². The first-order valence-corrected chi connectivity index (χ1v) is 9.28. The molecule has 0 saturated heterocycles. The zero-order valence-electron chi connectivity index (χ0n) is 12.1. The third kappa shape index (κ3) is 3.89. The van der Waals surface area contributed by atoms with Crippen LogP contribution in [0.3, 0.4) is 0 Å². The van der Waals surface area contributed by atoms with Gasteiger partial charge in [-0.2, -0.15) is 0 Å². The molecule has 1 aromatic carbocycles. The maximum Gasteiger partial charge on any atom is 0.264 e. The van der Waals surface area contributed by atoms with Gasteiger partial charge in [0, 0.05) is 10.7 Å². The Morgan fingerprint density at radius 1 is 1.15 bits per heavy atom. The van der Waals surface area contributed by atoms with Crippen LogP contribution >= 0.6 is 10.7 Å². The number of aryl methyl sites for hydroxylation is 1. The summed E-state index contributed by atoms with van der Waals surface area (Å²) in [5.74, 6) is 1.58. The van der Waals surface area contributed by atoms with Crippen LogP contribution in [0.5, 0.6) is 5.75 Å².